The molecule has 168 valence electrons. The highest BCUT2D eigenvalue weighted by Crippen LogP contribution is 2.19. The summed E-state index contributed by atoms with van der Waals surface area (Å²) in [4.78, 5) is 37.4. The monoisotopic (exact) mass is 444 g/mol. The molecule has 7 nitrogen and oxygen atoms in total. The number of nitrogens with one attached hydrogen (secondary N) is 2. The molecule has 0 bridgehead atoms. The minimum atomic E-state index is -0.593. The number of carbonyl (C=O) groups is 3. The Bertz CT molecular complexity index is 1140. The first kappa shape index (κ1) is 22.2. The maximum absolute atomic E-state index is 12.6. The second-order valence-corrected chi connectivity index (χ2v) is 7.66. The zero-order valence-corrected chi connectivity index (χ0v) is 18.0. The third-order valence-corrected chi connectivity index (χ3v) is 5.19. The molecule has 1 aliphatic rings. The highest BCUT2D eigenvalue weighted by atomic mass is 16.5. The molecule has 2 N–H and O–H groups in total. The molecule has 3 aromatic carbocycles. The van der Waals surface area contributed by atoms with Crippen LogP contribution in [0.1, 0.15) is 39.1 Å². The molecule has 0 aromatic heterocycles. The van der Waals surface area contributed by atoms with Gasteiger partial charge in [0.05, 0.1) is 5.56 Å². The molecule has 1 saturated heterocycles. The van der Waals surface area contributed by atoms with E-state index in [4.69, 9.17) is 9.47 Å². The predicted octanol–water partition coefficient (Wildman–Crippen LogP) is 3.95. The van der Waals surface area contributed by atoms with E-state index in [-0.39, 0.29) is 23.1 Å². The van der Waals surface area contributed by atoms with Gasteiger partial charge in [-0.15, -0.1) is 0 Å². The molecule has 1 aliphatic heterocycles. The van der Waals surface area contributed by atoms with E-state index in [2.05, 4.69) is 10.6 Å². The summed E-state index contributed by atoms with van der Waals surface area (Å²) >= 11 is 0. The molecule has 1 atom stereocenters. The van der Waals surface area contributed by atoms with Gasteiger partial charge in [0.2, 0.25) is 0 Å². The fourth-order valence-corrected chi connectivity index (χ4v) is 3.48. The Balaban J connectivity index is 1.37. The molecular formula is C26H24N2O5. The van der Waals surface area contributed by atoms with Gasteiger partial charge >= 0.3 is 5.97 Å². The van der Waals surface area contributed by atoms with E-state index in [9.17, 15) is 14.4 Å². The van der Waals surface area contributed by atoms with Crippen LogP contribution in [-0.2, 0) is 16.1 Å². The molecule has 1 unspecified atom stereocenters. The fraction of sp³-hybridized carbons (Fsp3) is 0.192. The van der Waals surface area contributed by atoms with Crippen molar-refractivity contribution in [2.24, 2.45) is 0 Å². The topological polar surface area (TPSA) is 93.7 Å². The van der Waals surface area contributed by atoms with Crippen molar-refractivity contribution >= 4 is 23.5 Å². The maximum Gasteiger partial charge on any atom is 0.343 e. The van der Waals surface area contributed by atoms with Crippen molar-refractivity contribution in [3.8, 4) is 5.75 Å². The van der Waals surface area contributed by atoms with Crippen LogP contribution in [0.25, 0.3) is 0 Å². The number of carbonyl (C=O) groups excluding carboxylic acids is 3. The number of benzene rings is 3. The lowest BCUT2D eigenvalue weighted by Crippen LogP contribution is -2.26. The first-order chi connectivity index (χ1) is 16.1. The van der Waals surface area contributed by atoms with E-state index in [1.165, 1.54) is 6.07 Å². The van der Waals surface area contributed by atoms with Gasteiger partial charge in [0.25, 0.3) is 11.8 Å². The highest BCUT2D eigenvalue weighted by Gasteiger charge is 2.23. The predicted molar refractivity (Wildman–Crippen MR) is 123 cm³/mol. The fourth-order valence-electron chi connectivity index (χ4n) is 3.48. The number of rotatable bonds is 7. The Morgan fingerprint density at radius 2 is 1.70 bits per heavy atom. The van der Waals surface area contributed by atoms with E-state index in [1.807, 2.05) is 30.3 Å². The lowest BCUT2D eigenvalue weighted by molar-refractivity contribution is -0.124. The van der Waals surface area contributed by atoms with Gasteiger partial charge in [0.1, 0.15) is 11.9 Å². The summed E-state index contributed by atoms with van der Waals surface area (Å²) in [5.41, 5.74) is 2.13. The van der Waals surface area contributed by atoms with Gasteiger partial charge in [0.15, 0.2) is 0 Å². The van der Waals surface area contributed by atoms with Crippen molar-refractivity contribution < 1.29 is 23.9 Å². The number of amides is 2. The van der Waals surface area contributed by atoms with Gasteiger partial charge in [-0.05, 0) is 54.8 Å². The largest absolute Gasteiger partial charge is 0.423 e. The second kappa shape index (κ2) is 10.6. The third-order valence-electron chi connectivity index (χ3n) is 5.19. The molecule has 0 spiro atoms. The summed E-state index contributed by atoms with van der Waals surface area (Å²) in [6.07, 6.45) is 1.08. The van der Waals surface area contributed by atoms with Crippen LogP contribution in [-0.4, -0.2) is 30.5 Å². The van der Waals surface area contributed by atoms with Crippen LogP contribution in [0.15, 0.2) is 78.9 Å². The minimum Gasteiger partial charge on any atom is -0.423 e. The summed E-state index contributed by atoms with van der Waals surface area (Å²) in [6.45, 7) is 0.974. The molecule has 3 aromatic rings. The molecule has 0 saturated carbocycles. The molecule has 0 aliphatic carbocycles. The van der Waals surface area contributed by atoms with Gasteiger partial charge in [-0.2, -0.15) is 0 Å². The van der Waals surface area contributed by atoms with E-state index < -0.39 is 12.1 Å². The Hall–Kier alpha value is -3.97. The SMILES string of the molecule is O=C(NCc1ccccc1)c1cccc(OC(=O)c2cccc(NC(=O)C3CCCO3)c2)c1. The van der Waals surface area contributed by atoms with Crippen LogP contribution in [0.4, 0.5) is 5.69 Å². The van der Waals surface area contributed by atoms with E-state index >= 15 is 0 Å². The lowest BCUT2D eigenvalue weighted by Gasteiger charge is -2.11. The number of hydrogen-bond acceptors (Lipinski definition) is 5. The average molecular weight is 444 g/mol. The Morgan fingerprint density at radius 1 is 0.909 bits per heavy atom. The number of esters is 1. The van der Waals surface area contributed by atoms with Crippen molar-refractivity contribution in [2.45, 2.75) is 25.5 Å². The van der Waals surface area contributed by atoms with Crippen LogP contribution in [0.3, 0.4) is 0 Å². The Kier molecular flexibility index (Phi) is 7.12. The van der Waals surface area contributed by atoms with E-state index in [0.717, 1.165) is 12.0 Å². The Morgan fingerprint density at radius 3 is 2.48 bits per heavy atom. The van der Waals surface area contributed by atoms with Crippen molar-refractivity contribution in [3.63, 3.8) is 0 Å². The number of ether oxygens (including phenoxy) is 2. The minimum absolute atomic E-state index is 0.229. The van der Waals surface area contributed by atoms with Gasteiger partial charge in [-0.25, -0.2) is 4.79 Å². The summed E-state index contributed by atoms with van der Waals surface area (Å²) in [6, 6.07) is 22.5. The summed E-state index contributed by atoms with van der Waals surface area (Å²) in [5.74, 6) is -0.839. The quantitative estimate of drug-likeness (QED) is 0.425. The smallest absolute Gasteiger partial charge is 0.343 e. The third kappa shape index (κ3) is 6.05. The maximum atomic E-state index is 12.6. The van der Waals surface area contributed by atoms with Crippen LogP contribution in [0.5, 0.6) is 5.75 Å². The average Bonchev–Trinajstić information content (AvgIpc) is 3.39. The first-order valence-corrected chi connectivity index (χ1v) is 10.8. The van der Waals surface area contributed by atoms with Crippen molar-refractivity contribution in [2.75, 3.05) is 11.9 Å². The van der Waals surface area contributed by atoms with Gasteiger partial charge < -0.3 is 20.1 Å². The summed E-state index contributed by atoms with van der Waals surface area (Å²) < 4.78 is 10.8. The van der Waals surface area contributed by atoms with E-state index in [1.54, 1.807) is 42.5 Å². The van der Waals surface area contributed by atoms with E-state index in [0.29, 0.717) is 30.8 Å². The molecular weight excluding hydrogens is 420 g/mol. The molecule has 1 heterocycles. The van der Waals surface area contributed by atoms with Gasteiger partial charge in [-0.1, -0.05) is 42.5 Å². The molecule has 7 heteroatoms. The Labute approximate surface area is 191 Å². The molecule has 0 radical (unpaired) electrons. The zero-order valence-electron chi connectivity index (χ0n) is 18.0. The highest BCUT2D eigenvalue weighted by molar-refractivity contribution is 5.97. The molecule has 33 heavy (non-hydrogen) atoms. The molecule has 2 amide bonds. The van der Waals surface area contributed by atoms with Crippen molar-refractivity contribution in [3.05, 3.63) is 95.6 Å². The second-order valence-electron chi connectivity index (χ2n) is 7.66. The summed E-state index contributed by atoms with van der Waals surface area (Å²) in [7, 11) is 0. The number of hydrogen-bond donors (Lipinski definition) is 2. The van der Waals surface area contributed by atoms with Crippen molar-refractivity contribution in [1.82, 2.24) is 5.32 Å². The van der Waals surface area contributed by atoms with Crippen LogP contribution < -0.4 is 15.4 Å². The zero-order chi connectivity index (χ0) is 23.0. The molecule has 1 fully saturated rings. The van der Waals surface area contributed by atoms with Gasteiger partial charge in [-0.3, -0.25) is 9.59 Å². The molecule has 4 rings (SSSR count). The first-order valence-electron chi connectivity index (χ1n) is 10.8. The number of anilines is 1. The van der Waals surface area contributed by atoms with Crippen molar-refractivity contribution in [1.29, 1.82) is 0 Å². The van der Waals surface area contributed by atoms with Gasteiger partial charge in [0, 0.05) is 24.4 Å². The summed E-state index contributed by atoms with van der Waals surface area (Å²) in [5, 5.41) is 5.62. The van der Waals surface area contributed by atoms with Crippen LogP contribution in [0, 0.1) is 0 Å². The standard InChI is InChI=1S/C26H24N2O5/c29-24(27-17-18-7-2-1-3-8-18)19-9-5-12-22(16-19)33-26(31)20-10-4-11-21(15-20)28-25(30)23-13-6-14-32-23/h1-5,7-12,15-16,23H,6,13-14,17H2,(H,27,29)(H,28,30). The van der Waals surface area contributed by atoms with Crippen LogP contribution >= 0.6 is 0 Å². The van der Waals surface area contributed by atoms with Crippen LogP contribution in [0.2, 0.25) is 0 Å². The lowest BCUT2D eigenvalue weighted by atomic mass is 10.1. The normalized spacial score (nSPS) is 15.0.